The number of fused-ring (bicyclic) bond motifs is 1. The summed E-state index contributed by atoms with van der Waals surface area (Å²) in [5.74, 6) is -0.719. The van der Waals surface area contributed by atoms with Crippen molar-refractivity contribution in [2.75, 3.05) is 12.4 Å². The molecule has 0 saturated heterocycles. The maximum absolute atomic E-state index is 12.8. The number of ether oxygens (including phenoxy) is 1. The maximum atomic E-state index is 12.8. The van der Waals surface area contributed by atoms with Crippen LogP contribution in [0.15, 0.2) is 54.2 Å². The van der Waals surface area contributed by atoms with Gasteiger partial charge >= 0.3 is 5.97 Å². The molecule has 0 radical (unpaired) electrons. The molecule has 0 bridgehead atoms. The third-order valence-corrected chi connectivity index (χ3v) is 3.93. The Labute approximate surface area is 150 Å². The molecule has 1 aliphatic heterocycles. The van der Waals surface area contributed by atoms with Gasteiger partial charge in [-0.1, -0.05) is 18.2 Å². The molecular weight excluding hydrogens is 334 g/mol. The minimum atomic E-state index is -0.821. The molecule has 2 aromatic carbocycles. The highest BCUT2D eigenvalue weighted by Gasteiger charge is 2.29. The van der Waals surface area contributed by atoms with Crippen LogP contribution < -0.4 is 16.0 Å². The van der Waals surface area contributed by atoms with E-state index in [1.165, 1.54) is 19.1 Å². The normalized spacial score (nSPS) is 17.9. The van der Waals surface area contributed by atoms with Crippen LogP contribution in [0.2, 0.25) is 0 Å². The van der Waals surface area contributed by atoms with Crippen LogP contribution in [0.25, 0.3) is 5.70 Å². The van der Waals surface area contributed by atoms with E-state index in [2.05, 4.69) is 16.0 Å². The van der Waals surface area contributed by atoms with E-state index in [4.69, 9.17) is 4.74 Å². The fourth-order valence-electron chi connectivity index (χ4n) is 2.79. The van der Waals surface area contributed by atoms with Crippen LogP contribution in [0.4, 0.5) is 5.69 Å². The number of aromatic hydroxyl groups is 1. The summed E-state index contributed by atoms with van der Waals surface area (Å²) in [6, 6.07) is 13.5. The quantitative estimate of drug-likeness (QED) is 0.498. The molecule has 0 aromatic heterocycles. The number of benzene rings is 2. The van der Waals surface area contributed by atoms with Crippen molar-refractivity contribution >= 4 is 23.3 Å². The topological polar surface area (TPSA) is 99.7 Å². The van der Waals surface area contributed by atoms with Crippen molar-refractivity contribution in [2.24, 2.45) is 0 Å². The van der Waals surface area contributed by atoms with E-state index in [1.807, 2.05) is 0 Å². The van der Waals surface area contributed by atoms with Gasteiger partial charge in [-0.15, -0.1) is 0 Å². The molecule has 4 N–H and O–H groups in total. The van der Waals surface area contributed by atoms with E-state index in [-0.39, 0.29) is 17.4 Å². The van der Waals surface area contributed by atoms with Crippen molar-refractivity contribution in [3.8, 4) is 5.75 Å². The molecule has 1 aliphatic rings. The molecule has 0 fully saturated rings. The predicted octanol–water partition coefficient (Wildman–Crippen LogP) is 2.08. The Kier molecular flexibility index (Phi) is 4.79. The lowest BCUT2D eigenvalue weighted by atomic mass is 10.1. The smallest absolute Gasteiger partial charge is 0.304 e. The summed E-state index contributed by atoms with van der Waals surface area (Å²) < 4.78 is 5.38. The summed E-state index contributed by atoms with van der Waals surface area (Å²) in [6.07, 6.45) is -0.821. The summed E-state index contributed by atoms with van der Waals surface area (Å²) in [6.45, 7) is 1.31. The maximum Gasteiger partial charge on any atom is 0.304 e. The Morgan fingerprint density at radius 1 is 1.15 bits per heavy atom. The van der Waals surface area contributed by atoms with E-state index in [0.29, 0.717) is 22.5 Å². The zero-order valence-corrected chi connectivity index (χ0v) is 14.4. The van der Waals surface area contributed by atoms with Gasteiger partial charge in [0.1, 0.15) is 11.4 Å². The lowest BCUT2D eigenvalue weighted by molar-refractivity contribution is -0.148. The number of carbonyl (C=O) groups excluding carboxylic acids is 2. The second-order valence-corrected chi connectivity index (χ2v) is 5.72. The van der Waals surface area contributed by atoms with Crippen LogP contribution >= 0.6 is 0 Å². The lowest BCUT2D eigenvalue weighted by Crippen LogP contribution is -2.31. The van der Waals surface area contributed by atoms with E-state index in [1.54, 1.807) is 43.4 Å². The first kappa shape index (κ1) is 17.3. The monoisotopic (exact) mass is 353 g/mol. The number of nitrogens with one attached hydrogen (secondary N) is 3. The van der Waals surface area contributed by atoms with Crippen LogP contribution in [0.3, 0.4) is 0 Å². The zero-order valence-electron chi connectivity index (χ0n) is 14.4. The Morgan fingerprint density at radius 3 is 2.50 bits per heavy atom. The minimum Gasteiger partial charge on any atom is -0.508 e. The molecule has 1 amide bonds. The second kappa shape index (κ2) is 7.18. The summed E-state index contributed by atoms with van der Waals surface area (Å²) in [4.78, 5) is 24.3. The van der Waals surface area contributed by atoms with Gasteiger partial charge in [0.25, 0.3) is 5.91 Å². The average molecular weight is 353 g/mol. The third-order valence-electron chi connectivity index (χ3n) is 3.93. The third kappa shape index (κ3) is 3.46. The molecule has 134 valence electrons. The first-order valence-electron chi connectivity index (χ1n) is 8.05. The number of anilines is 1. The molecule has 0 saturated carbocycles. The number of phenolic OH excluding ortho intramolecular Hbond substituents is 1. The number of rotatable bonds is 3. The minimum absolute atomic E-state index is 0.123. The zero-order chi connectivity index (χ0) is 18.7. The molecule has 26 heavy (non-hydrogen) atoms. The number of carbonyl (C=O) groups is 2. The van der Waals surface area contributed by atoms with Gasteiger partial charge in [-0.05, 0) is 30.3 Å². The van der Waals surface area contributed by atoms with Gasteiger partial charge in [-0.25, -0.2) is 0 Å². The molecule has 0 aliphatic carbocycles. The highest BCUT2D eigenvalue weighted by Crippen LogP contribution is 2.30. The summed E-state index contributed by atoms with van der Waals surface area (Å²) in [7, 11) is 1.68. The first-order valence-corrected chi connectivity index (χ1v) is 8.05. The first-order chi connectivity index (χ1) is 12.5. The molecule has 1 unspecified atom stereocenters. The van der Waals surface area contributed by atoms with Crippen LogP contribution in [0, 0.1) is 0 Å². The van der Waals surface area contributed by atoms with Crippen molar-refractivity contribution in [1.29, 1.82) is 0 Å². The molecule has 2 aromatic rings. The lowest BCUT2D eigenvalue weighted by Gasteiger charge is -2.21. The number of hydrogen-bond acceptors (Lipinski definition) is 6. The van der Waals surface area contributed by atoms with E-state index < -0.39 is 12.2 Å². The number of amides is 1. The van der Waals surface area contributed by atoms with E-state index in [9.17, 15) is 14.7 Å². The second-order valence-electron chi connectivity index (χ2n) is 5.72. The Bertz CT molecular complexity index is 875. The van der Waals surface area contributed by atoms with Gasteiger partial charge in [0.05, 0.1) is 5.70 Å². The standard InChI is InChI=1S/C19H19N3O4/c1-11(23)26-19-14-5-3-4-6-15(14)21-18(25)17(22-19)16(20-2)12-7-9-13(24)10-8-12/h3-10,19-20,22,24H,1-2H3,(H,21,25)/b17-16-. The van der Waals surface area contributed by atoms with Gasteiger partial charge in [0, 0.05) is 30.8 Å². The average Bonchev–Trinajstić information content (AvgIpc) is 2.74. The fourth-order valence-corrected chi connectivity index (χ4v) is 2.79. The van der Waals surface area contributed by atoms with Gasteiger partial charge in [-0.3, -0.25) is 9.59 Å². The van der Waals surface area contributed by atoms with E-state index >= 15 is 0 Å². The number of phenols is 1. The highest BCUT2D eigenvalue weighted by molar-refractivity contribution is 6.09. The molecule has 3 rings (SSSR count). The van der Waals surface area contributed by atoms with Crippen LogP contribution in [-0.4, -0.2) is 24.0 Å². The van der Waals surface area contributed by atoms with Crippen LogP contribution in [0.1, 0.15) is 24.3 Å². The van der Waals surface area contributed by atoms with Gasteiger partial charge in [-0.2, -0.15) is 0 Å². The predicted molar refractivity (Wildman–Crippen MR) is 96.8 cm³/mol. The van der Waals surface area contributed by atoms with Gasteiger partial charge in [0.15, 0.2) is 0 Å². The molecule has 7 nitrogen and oxygen atoms in total. The summed E-state index contributed by atoms with van der Waals surface area (Å²) in [5.41, 5.74) is 2.63. The Balaban J connectivity index is 2.10. The van der Waals surface area contributed by atoms with Crippen molar-refractivity contribution < 1.29 is 19.4 Å². The molecule has 7 heteroatoms. The van der Waals surface area contributed by atoms with Crippen molar-refractivity contribution in [2.45, 2.75) is 13.2 Å². The van der Waals surface area contributed by atoms with E-state index in [0.717, 1.165) is 0 Å². The Hall–Kier alpha value is -3.48. The van der Waals surface area contributed by atoms with Gasteiger partial charge in [0.2, 0.25) is 6.23 Å². The number of hydrogen-bond donors (Lipinski definition) is 4. The fraction of sp³-hybridized carbons (Fsp3) is 0.158. The molecule has 0 spiro atoms. The van der Waals surface area contributed by atoms with Crippen molar-refractivity contribution in [3.63, 3.8) is 0 Å². The highest BCUT2D eigenvalue weighted by atomic mass is 16.6. The largest absolute Gasteiger partial charge is 0.508 e. The van der Waals surface area contributed by atoms with Crippen LogP contribution in [0.5, 0.6) is 5.75 Å². The van der Waals surface area contributed by atoms with Crippen LogP contribution in [-0.2, 0) is 14.3 Å². The number of esters is 1. The molecule has 1 heterocycles. The van der Waals surface area contributed by atoms with Crippen molar-refractivity contribution in [3.05, 3.63) is 65.4 Å². The summed E-state index contributed by atoms with van der Waals surface area (Å²) in [5, 5.41) is 18.3. The number of para-hydroxylation sites is 1. The molecular formula is C19H19N3O4. The SMILES string of the molecule is CN/C(=C1\NC(OC(C)=O)c2ccccc2NC1=O)c1ccc(O)cc1. The summed E-state index contributed by atoms with van der Waals surface area (Å²) >= 11 is 0. The van der Waals surface area contributed by atoms with Crippen molar-refractivity contribution in [1.82, 2.24) is 10.6 Å². The molecule has 1 atom stereocenters. The Morgan fingerprint density at radius 2 is 1.85 bits per heavy atom. The van der Waals surface area contributed by atoms with Gasteiger partial charge < -0.3 is 25.8 Å².